The second kappa shape index (κ2) is 5.40. The van der Waals surface area contributed by atoms with Crippen LogP contribution < -0.4 is 0 Å². The zero-order valence-electron chi connectivity index (χ0n) is 9.73. The van der Waals surface area contributed by atoms with Crippen LogP contribution in [0, 0.1) is 12.7 Å². The summed E-state index contributed by atoms with van der Waals surface area (Å²) >= 11 is 3.36. The molecule has 0 fully saturated rings. The molecule has 2 rings (SSSR count). The number of halogens is 2. The molecule has 0 unspecified atom stereocenters. The van der Waals surface area contributed by atoms with E-state index in [1.54, 1.807) is 37.5 Å². The van der Waals surface area contributed by atoms with Crippen molar-refractivity contribution in [3.05, 3.63) is 65.2 Å². The fourth-order valence-electron chi connectivity index (χ4n) is 1.63. The summed E-state index contributed by atoms with van der Waals surface area (Å²) in [6, 6.07) is 7.92. The first-order valence-electron chi connectivity index (χ1n) is 5.44. The van der Waals surface area contributed by atoms with Crippen LogP contribution in [-0.4, -0.2) is 10.8 Å². The smallest absolute Gasteiger partial charge is 0.180 e. The normalized spacial score (nSPS) is 12.2. The molecule has 1 aromatic carbocycles. The summed E-state index contributed by atoms with van der Waals surface area (Å²) in [5.41, 5.74) is 1.79. The van der Waals surface area contributed by atoms with E-state index in [0.717, 1.165) is 5.56 Å². The monoisotopic (exact) mass is 307 g/mol. The maximum Gasteiger partial charge on any atom is 0.180 e. The summed E-state index contributed by atoms with van der Waals surface area (Å²) in [6.07, 6.45) is 3.26. The zero-order chi connectivity index (χ0) is 13.1. The Hall–Kier alpha value is -1.55. The number of benzene rings is 1. The average Bonchev–Trinajstić information content (AvgIpc) is 2.41. The SMILES string of the molecule is Cc1cc(C(=O)[C@@H](Br)c2ccncc2)ccc1F. The van der Waals surface area contributed by atoms with Gasteiger partial charge in [-0.3, -0.25) is 9.78 Å². The van der Waals surface area contributed by atoms with Crippen LogP contribution in [0.5, 0.6) is 0 Å². The molecular weight excluding hydrogens is 297 g/mol. The van der Waals surface area contributed by atoms with Gasteiger partial charge in [0.25, 0.3) is 0 Å². The Morgan fingerprint density at radius 2 is 1.94 bits per heavy atom. The molecule has 4 heteroatoms. The summed E-state index contributed by atoms with van der Waals surface area (Å²) in [5.74, 6) is -0.397. The number of hydrogen-bond donors (Lipinski definition) is 0. The number of hydrogen-bond acceptors (Lipinski definition) is 2. The van der Waals surface area contributed by atoms with E-state index in [2.05, 4.69) is 20.9 Å². The Morgan fingerprint density at radius 1 is 1.28 bits per heavy atom. The van der Waals surface area contributed by atoms with Crippen molar-refractivity contribution in [3.63, 3.8) is 0 Å². The molecule has 0 aliphatic rings. The topological polar surface area (TPSA) is 30.0 Å². The number of rotatable bonds is 3. The summed E-state index contributed by atoms with van der Waals surface area (Å²) in [7, 11) is 0. The predicted molar refractivity (Wildman–Crippen MR) is 71.4 cm³/mol. The summed E-state index contributed by atoms with van der Waals surface area (Å²) in [5, 5.41) is 0. The van der Waals surface area contributed by atoms with Gasteiger partial charge in [-0.25, -0.2) is 4.39 Å². The van der Waals surface area contributed by atoms with Crippen LogP contribution in [0.4, 0.5) is 4.39 Å². The number of pyridine rings is 1. The Labute approximate surface area is 113 Å². The van der Waals surface area contributed by atoms with E-state index in [0.29, 0.717) is 11.1 Å². The molecular formula is C14H11BrFNO. The lowest BCUT2D eigenvalue weighted by Gasteiger charge is -2.09. The van der Waals surface area contributed by atoms with Crippen LogP contribution in [0.1, 0.15) is 26.3 Å². The molecule has 1 aromatic heterocycles. The Morgan fingerprint density at radius 3 is 2.56 bits per heavy atom. The summed E-state index contributed by atoms with van der Waals surface area (Å²) in [6.45, 7) is 1.64. The third-order valence-corrected chi connectivity index (χ3v) is 3.62. The quantitative estimate of drug-likeness (QED) is 0.637. The van der Waals surface area contributed by atoms with E-state index in [-0.39, 0.29) is 11.6 Å². The fourth-order valence-corrected chi connectivity index (χ4v) is 2.20. The molecule has 0 N–H and O–H groups in total. The molecule has 0 aliphatic carbocycles. The summed E-state index contributed by atoms with van der Waals surface area (Å²) in [4.78, 5) is 15.7. The molecule has 2 nitrogen and oxygen atoms in total. The molecule has 0 radical (unpaired) electrons. The van der Waals surface area contributed by atoms with Gasteiger partial charge in [-0.1, -0.05) is 15.9 Å². The van der Waals surface area contributed by atoms with Gasteiger partial charge >= 0.3 is 0 Å². The minimum absolute atomic E-state index is 0.0932. The van der Waals surface area contributed by atoms with Crippen molar-refractivity contribution >= 4 is 21.7 Å². The Bertz CT molecular complexity index is 571. The standard InChI is InChI=1S/C14H11BrFNO/c1-9-8-11(2-3-12(9)16)14(18)13(15)10-4-6-17-7-5-10/h2-8,13H,1H3/t13-/m0/s1. The van der Waals surface area contributed by atoms with Crippen LogP contribution >= 0.6 is 15.9 Å². The lowest BCUT2D eigenvalue weighted by Crippen LogP contribution is -2.07. The van der Waals surface area contributed by atoms with Gasteiger partial charge < -0.3 is 0 Å². The molecule has 18 heavy (non-hydrogen) atoms. The number of alkyl halides is 1. The third kappa shape index (κ3) is 2.64. The van der Waals surface area contributed by atoms with Gasteiger partial charge in [0.1, 0.15) is 10.6 Å². The van der Waals surface area contributed by atoms with Gasteiger partial charge in [0.05, 0.1) is 0 Å². The van der Waals surface area contributed by atoms with E-state index in [1.165, 1.54) is 12.1 Å². The molecule has 0 spiro atoms. The highest BCUT2D eigenvalue weighted by atomic mass is 79.9. The predicted octanol–water partition coefficient (Wildman–Crippen LogP) is 3.85. The molecule has 0 bridgehead atoms. The van der Waals surface area contributed by atoms with Gasteiger partial charge in [-0.05, 0) is 48.4 Å². The molecule has 1 heterocycles. The van der Waals surface area contributed by atoms with E-state index in [1.807, 2.05) is 0 Å². The first-order chi connectivity index (χ1) is 8.59. The number of ketones is 1. The maximum atomic E-state index is 13.2. The van der Waals surface area contributed by atoms with Crippen LogP contribution in [0.15, 0.2) is 42.7 Å². The fraction of sp³-hybridized carbons (Fsp3) is 0.143. The van der Waals surface area contributed by atoms with Crippen LogP contribution in [0.3, 0.4) is 0 Å². The highest BCUT2D eigenvalue weighted by molar-refractivity contribution is 9.09. The lowest BCUT2D eigenvalue weighted by atomic mass is 10.0. The van der Waals surface area contributed by atoms with Crippen molar-refractivity contribution < 1.29 is 9.18 Å². The van der Waals surface area contributed by atoms with Crippen molar-refractivity contribution in [2.24, 2.45) is 0 Å². The highest BCUT2D eigenvalue weighted by Crippen LogP contribution is 2.27. The van der Waals surface area contributed by atoms with Crippen LogP contribution in [0.25, 0.3) is 0 Å². The van der Waals surface area contributed by atoms with E-state index < -0.39 is 4.83 Å². The van der Waals surface area contributed by atoms with Crippen molar-refractivity contribution in [1.82, 2.24) is 4.98 Å². The Balaban J connectivity index is 2.29. The van der Waals surface area contributed by atoms with Gasteiger partial charge in [0.2, 0.25) is 0 Å². The van der Waals surface area contributed by atoms with E-state index >= 15 is 0 Å². The van der Waals surface area contributed by atoms with Crippen molar-refractivity contribution in [2.75, 3.05) is 0 Å². The average molecular weight is 308 g/mol. The number of carbonyl (C=O) groups excluding carboxylic acids is 1. The van der Waals surface area contributed by atoms with Crippen LogP contribution in [0.2, 0.25) is 0 Å². The number of aryl methyl sites for hydroxylation is 1. The molecule has 0 aliphatic heterocycles. The van der Waals surface area contributed by atoms with Crippen molar-refractivity contribution in [2.45, 2.75) is 11.8 Å². The first-order valence-corrected chi connectivity index (χ1v) is 6.35. The van der Waals surface area contributed by atoms with Crippen molar-refractivity contribution in [1.29, 1.82) is 0 Å². The minimum Gasteiger partial charge on any atom is -0.293 e. The minimum atomic E-state index is -0.439. The van der Waals surface area contributed by atoms with Crippen molar-refractivity contribution in [3.8, 4) is 0 Å². The highest BCUT2D eigenvalue weighted by Gasteiger charge is 2.19. The third-order valence-electron chi connectivity index (χ3n) is 2.67. The van der Waals surface area contributed by atoms with Gasteiger partial charge in [-0.2, -0.15) is 0 Å². The van der Waals surface area contributed by atoms with E-state index in [9.17, 15) is 9.18 Å². The van der Waals surface area contributed by atoms with Gasteiger partial charge in [0.15, 0.2) is 5.78 Å². The summed E-state index contributed by atoms with van der Waals surface area (Å²) < 4.78 is 13.2. The lowest BCUT2D eigenvalue weighted by molar-refractivity contribution is 0.0991. The van der Waals surface area contributed by atoms with Gasteiger partial charge in [-0.15, -0.1) is 0 Å². The van der Waals surface area contributed by atoms with Crippen LogP contribution in [-0.2, 0) is 0 Å². The first kappa shape index (κ1) is 12.9. The number of Topliss-reactive ketones (excluding diaryl/α,β-unsaturated/α-hetero) is 1. The number of nitrogens with zero attached hydrogens (tertiary/aromatic N) is 1. The molecule has 0 saturated heterocycles. The Kier molecular flexibility index (Phi) is 3.87. The second-order valence-electron chi connectivity index (χ2n) is 3.97. The molecule has 0 saturated carbocycles. The zero-order valence-corrected chi connectivity index (χ0v) is 11.3. The maximum absolute atomic E-state index is 13.2. The number of aromatic nitrogens is 1. The van der Waals surface area contributed by atoms with Gasteiger partial charge in [0, 0.05) is 18.0 Å². The molecule has 0 amide bonds. The molecule has 1 atom stereocenters. The largest absolute Gasteiger partial charge is 0.293 e. The second-order valence-corrected chi connectivity index (χ2v) is 4.89. The van der Waals surface area contributed by atoms with E-state index in [4.69, 9.17) is 0 Å². The molecule has 2 aromatic rings. The number of carbonyl (C=O) groups is 1. The molecule has 92 valence electrons.